The zero-order valence-electron chi connectivity index (χ0n) is 6.74. The highest BCUT2D eigenvalue weighted by molar-refractivity contribution is 9.10. The molecule has 1 rings (SSSR count). The molecule has 0 saturated heterocycles. The predicted octanol–water partition coefficient (Wildman–Crippen LogP) is 1.22. The molecular weight excluding hydrogens is 220 g/mol. The van der Waals surface area contributed by atoms with Gasteiger partial charge in [0.05, 0.1) is 12.1 Å². The van der Waals surface area contributed by atoms with Crippen LogP contribution >= 0.6 is 15.9 Å². The predicted molar refractivity (Wildman–Crippen MR) is 50.5 cm³/mol. The van der Waals surface area contributed by atoms with E-state index in [4.69, 9.17) is 5.73 Å². The summed E-state index contributed by atoms with van der Waals surface area (Å²) in [6.07, 6.45) is 1.11. The minimum atomic E-state index is -0.542. The van der Waals surface area contributed by atoms with Crippen LogP contribution < -0.4 is 5.73 Å². The van der Waals surface area contributed by atoms with Crippen molar-refractivity contribution >= 4 is 15.9 Å². The van der Waals surface area contributed by atoms with Crippen LogP contribution in [-0.4, -0.2) is 16.2 Å². The van der Waals surface area contributed by atoms with Crippen LogP contribution in [-0.2, 0) is 0 Å². The number of aliphatic hydroxyl groups excluding tert-OH is 1. The molecule has 2 atom stereocenters. The molecule has 12 heavy (non-hydrogen) atoms. The molecule has 0 aliphatic carbocycles. The summed E-state index contributed by atoms with van der Waals surface area (Å²) in [6, 6.07) is 3.25. The highest BCUT2D eigenvalue weighted by Crippen LogP contribution is 2.16. The van der Waals surface area contributed by atoms with Crippen molar-refractivity contribution < 1.29 is 5.11 Å². The van der Waals surface area contributed by atoms with Gasteiger partial charge in [0, 0.05) is 6.20 Å². The first-order valence-corrected chi connectivity index (χ1v) is 4.45. The second kappa shape index (κ2) is 3.98. The number of hydrogen-bond donors (Lipinski definition) is 2. The van der Waals surface area contributed by atoms with Gasteiger partial charge in [-0.15, -0.1) is 0 Å². The summed E-state index contributed by atoms with van der Waals surface area (Å²) >= 11 is 3.23. The van der Waals surface area contributed by atoms with E-state index in [-0.39, 0.29) is 6.04 Å². The summed E-state index contributed by atoms with van der Waals surface area (Å²) in [4.78, 5) is 3.96. The quantitative estimate of drug-likeness (QED) is 0.752. The van der Waals surface area contributed by atoms with Crippen molar-refractivity contribution in [3.8, 4) is 0 Å². The zero-order chi connectivity index (χ0) is 9.14. The van der Waals surface area contributed by atoms with E-state index >= 15 is 0 Å². The molecule has 3 nitrogen and oxygen atoms in total. The lowest BCUT2D eigenvalue weighted by Crippen LogP contribution is -2.23. The monoisotopic (exact) mass is 230 g/mol. The molecule has 1 aromatic heterocycles. The maximum atomic E-state index is 9.20. The van der Waals surface area contributed by atoms with Crippen LogP contribution in [0.3, 0.4) is 0 Å². The van der Waals surface area contributed by atoms with Gasteiger partial charge in [0.25, 0.3) is 0 Å². The molecule has 0 radical (unpaired) electrons. The molecule has 1 aromatic rings. The lowest BCUT2D eigenvalue weighted by molar-refractivity contribution is 0.164. The number of halogens is 1. The third-order valence-corrected chi connectivity index (χ3v) is 2.09. The van der Waals surface area contributed by atoms with Crippen LogP contribution in [0.1, 0.15) is 18.5 Å². The van der Waals surface area contributed by atoms with Crippen LogP contribution in [0.2, 0.25) is 0 Å². The summed E-state index contributed by atoms with van der Waals surface area (Å²) < 4.78 is 0.733. The Bertz CT molecular complexity index is 265. The fraction of sp³-hybridized carbons (Fsp3) is 0.375. The van der Waals surface area contributed by atoms with E-state index in [1.807, 2.05) is 0 Å². The number of nitrogens with zero attached hydrogens (tertiary/aromatic N) is 1. The third kappa shape index (κ3) is 2.27. The van der Waals surface area contributed by atoms with Crippen molar-refractivity contribution in [1.82, 2.24) is 4.98 Å². The highest BCUT2D eigenvalue weighted by Gasteiger charge is 2.11. The van der Waals surface area contributed by atoms with Crippen molar-refractivity contribution in [3.05, 3.63) is 28.5 Å². The van der Waals surface area contributed by atoms with E-state index in [1.165, 1.54) is 0 Å². The Morgan fingerprint density at radius 1 is 1.67 bits per heavy atom. The molecule has 3 N–H and O–H groups in total. The maximum absolute atomic E-state index is 9.20. The van der Waals surface area contributed by atoms with Crippen LogP contribution in [0.4, 0.5) is 0 Å². The van der Waals surface area contributed by atoms with Crippen LogP contribution in [0.15, 0.2) is 22.9 Å². The fourth-order valence-electron chi connectivity index (χ4n) is 0.903. The Balaban J connectivity index is 2.88. The summed E-state index contributed by atoms with van der Waals surface area (Å²) in [5.41, 5.74) is 6.59. The summed E-state index contributed by atoms with van der Waals surface area (Å²) in [7, 11) is 0. The van der Waals surface area contributed by atoms with Gasteiger partial charge in [0.1, 0.15) is 4.60 Å². The van der Waals surface area contributed by atoms with E-state index in [9.17, 15) is 5.11 Å². The van der Waals surface area contributed by atoms with Crippen LogP contribution in [0.5, 0.6) is 0 Å². The minimum absolute atomic E-state index is 0.343. The number of pyridine rings is 1. The van der Waals surface area contributed by atoms with Gasteiger partial charge in [-0.25, -0.2) is 4.98 Å². The Labute approximate surface area is 79.7 Å². The molecule has 0 aromatic carbocycles. The fourth-order valence-corrected chi connectivity index (χ4v) is 1.29. The van der Waals surface area contributed by atoms with Crippen molar-refractivity contribution in [2.75, 3.05) is 0 Å². The summed E-state index contributed by atoms with van der Waals surface area (Å²) in [5.74, 6) is 0. The molecule has 66 valence electrons. The van der Waals surface area contributed by atoms with Gasteiger partial charge in [-0.05, 0) is 40.5 Å². The standard InChI is InChI=1S/C8H11BrN2O/c1-5(12)8(10)6-2-3-11-7(9)4-6/h2-5,8,12H,10H2,1H3/t5-,8-/m0/s1. The number of hydrogen-bond acceptors (Lipinski definition) is 3. The smallest absolute Gasteiger partial charge is 0.106 e. The summed E-state index contributed by atoms with van der Waals surface area (Å²) in [5, 5.41) is 9.20. The topological polar surface area (TPSA) is 59.1 Å². The highest BCUT2D eigenvalue weighted by atomic mass is 79.9. The normalized spacial score (nSPS) is 15.7. The molecule has 0 amide bonds. The van der Waals surface area contributed by atoms with Gasteiger partial charge < -0.3 is 10.8 Å². The largest absolute Gasteiger partial charge is 0.391 e. The average molecular weight is 231 g/mol. The first-order chi connectivity index (χ1) is 5.61. The van der Waals surface area contributed by atoms with Crippen molar-refractivity contribution in [1.29, 1.82) is 0 Å². The minimum Gasteiger partial charge on any atom is -0.391 e. The molecule has 0 aliphatic heterocycles. The van der Waals surface area contributed by atoms with Gasteiger partial charge in [-0.2, -0.15) is 0 Å². The Kier molecular flexibility index (Phi) is 3.20. The molecule has 0 aliphatic rings. The van der Waals surface area contributed by atoms with Gasteiger partial charge in [0.15, 0.2) is 0 Å². The van der Waals surface area contributed by atoms with E-state index in [0.717, 1.165) is 10.2 Å². The Morgan fingerprint density at radius 2 is 2.33 bits per heavy atom. The number of aromatic nitrogens is 1. The maximum Gasteiger partial charge on any atom is 0.106 e. The summed E-state index contributed by atoms with van der Waals surface area (Å²) in [6.45, 7) is 1.67. The number of rotatable bonds is 2. The third-order valence-electron chi connectivity index (χ3n) is 1.66. The average Bonchev–Trinajstić information content (AvgIpc) is 2.03. The first-order valence-electron chi connectivity index (χ1n) is 3.66. The number of nitrogens with two attached hydrogens (primary N) is 1. The van der Waals surface area contributed by atoms with Gasteiger partial charge >= 0.3 is 0 Å². The lowest BCUT2D eigenvalue weighted by atomic mass is 10.1. The Hall–Kier alpha value is -0.450. The molecule has 0 bridgehead atoms. The Morgan fingerprint density at radius 3 is 2.83 bits per heavy atom. The van der Waals surface area contributed by atoms with Gasteiger partial charge in [-0.3, -0.25) is 0 Å². The molecule has 0 saturated carbocycles. The zero-order valence-corrected chi connectivity index (χ0v) is 8.32. The van der Waals surface area contributed by atoms with Crippen LogP contribution in [0, 0.1) is 0 Å². The molecule has 4 heteroatoms. The molecular formula is C8H11BrN2O. The van der Waals surface area contributed by atoms with Crippen molar-refractivity contribution in [3.63, 3.8) is 0 Å². The molecule has 0 spiro atoms. The van der Waals surface area contributed by atoms with E-state index in [2.05, 4.69) is 20.9 Å². The number of aliphatic hydroxyl groups is 1. The van der Waals surface area contributed by atoms with Gasteiger partial charge in [-0.1, -0.05) is 0 Å². The SMILES string of the molecule is C[C@H](O)[C@H](N)c1ccnc(Br)c1. The van der Waals surface area contributed by atoms with E-state index in [0.29, 0.717) is 0 Å². The van der Waals surface area contributed by atoms with Crippen molar-refractivity contribution in [2.45, 2.75) is 19.1 Å². The molecule has 1 heterocycles. The lowest BCUT2D eigenvalue weighted by Gasteiger charge is -2.14. The molecule has 0 fully saturated rings. The van der Waals surface area contributed by atoms with Crippen molar-refractivity contribution in [2.24, 2.45) is 5.73 Å². The van der Waals surface area contributed by atoms with E-state index in [1.54, 1.807) is 25.3 Å². The second-order valence-corrected chi connectivity index (χ2v) is 3.49. The molecule has 0 unspecified atom stereocenters. The second-order valence-electron chi connectivity index (χ2n) is 2.68. The first kappa shape index (κ1) is 9.64. The van der Waals surface area contributed by atoms with E-state index < -0.39 is 6.10 Å². The van der Waals surface area contributed by atoms with Gasteiger partial charge in [0.2, 0.25) is 0 Å². The van der Waals surface area contributed by atoms with Crippen LogP contribution in [0.25, 0.3) is 0 Å².